The minimum absolute atomic E-state index is 0.00511. The number of hydrogen-bond acceptors (Lipinski definition) is 5. The molecule has 10 heteroatoms. The van der Waals surface area contributed by atoms with Crippen LogP contribution in [0.25, 0.3) is 10.2 Å². The van der Waals surface area contributed by atoms with Crippen LogP contribution in [0.2, 0.25) is 0 Å². The molecule has 0 fully saturated rings. The van der Waals surface area contributed by atoms with E-state index in [-0.39, 0.29) is 26.3 Å². The summed E-state index contributed by atoms with van der Waals surface area (Å²) in [6.07, 6.45) is -4.73. The Kier molecular flexibility index (Phi) is 4.92. The number of esters is 1. The molecule has 2 heterocycles. The third-order valence-corrected chi connectivity index (χ3v) is 4.95. The number of benzene rings is 1. The molecule has 0 N–H and O–H groups in total. The molecule has 27 heavy (non-hydrogen) atoms. The van der Waals surface area contributed by atoms with E-state index in [9.17, 15) is 27.6 Å². The second-order valence-corrected chi connectivity index (χ2v) is 6.77. The highest BCUT2D eigenvalue weighted by molar-refractivity contribution is 7.20. The lowest BCUT2D eigenvalue weighted by Crippen LogP contribution is -2.42. The van der Waals surface area contributed by atoms with Gasteiger partial charge in [0.2, 0.25) is 0 Å². The lowest BCUT2D eigenvalue weighted by Gasteiger charge is -2.10. The summed E-state index contributed by atoms with van der Waals surface area (Å²) >= 11 is 0.816. The molecule has 0 spiro atoms. The Morgan fingerprint density at radius 3 is 2.48 bits per heavy atom. The van der Waals surface area contributed by atoms with E-state index in [1.54, 1.807) is 24.3 Å². The third kappa shape index (κ3) is 3.95. The largest absolute Gasteiger partial charge is 0.457 e. The van der Waals surface area contributed by atoms with Crippen molar-refractivity contribution in [2.75, 3.05) is 0 Å². The number of thiophene rings is 1. The first kappa shape index (κ1) is 18.9. The number of ether oxygens (including phenoxy) is 1. The summed E-state index contributed by atoms with van der Waals surface area (Å²) in [7, 11) is 1.24. The Bertz CT molecular complexity index is 1110. The number of carbonyl (C=O) groups excluding carboxylic acids is 1. The number of nitrogens with zero attached hydrogens (tertiary/aromatic N) is 2. The lowest BCUT2D eigenvalue weighted by molar-refractivity contribution is -0.141. The molecule has 0 bridgehead atoms. The van der Waals surface area contributed by atoms with E-state index in [0.717, 1.165) is 27.5 Å². The molecule has 0 atom stereocenters. The molecule has 6 nitrogen and oxygen atoms in total. The molecule has 0 radical (unpaired) electrons. The van der Waals surface area contributed by atoms with Crippen molar-refractivity contribution in [1.82, 2.24) is 9.13 Å². The summed E-state index contributed by atoms with van der Waals surface area (Å²) in [5.74, 6) is -0.728. The maximum absolute atomic E-state index is 12.6. The van der Waals surface area contributed by atoms with Crippen molar-refractivity contribution in [3.05, 3.63) is 67.7 Å². The molecule has 0 amide bonds. The van der Waals surface area contributed by atoms with Crippen LogP contribution in [-0.4, -0.2) is 21.3 Å². The molecule has 1 aromatic carbocycles. The average Bonchev–Trinajstić information content (AvgIpc) is 3.07. The fourth-order valence-electron chi connectivity index (χ4n) is 2.50. The normalized spacial score (nSPS) is 11.7. The van der Waals surface area contributed by atoms with Gasteiger partial charge >= 0.3 is 17.8 Å². The fourth-order valence-corrected chi connectivity index (χ4v) is 3.50. The van der Waals surface area contributed by atoms with Crippen LogP contribution in [0.3, 0.4) is 0 Å². The lowest BCUT2D eigenvalue weighted by atomic mass is 10.2. The van der Waals surface area contributed by atoms with E-state index in [1.165, 1.54) is 7.05 Å². The molecule has 3 aromatic rings. The van der Waals surface area contributed by atoms with Gasteiger partial charge in [-0.05, 0) is 11.6 Å². The van der Waals surface area contributed by atoms with Gasteiger partial charge in [0.05, 0.1) is 5.39 Å². The van der Waals surface area contributed by atoms with Crippen molar-refractivity contribution in [1.29, 1.82) is 0 Å². The number of aryl methyl sites for hydroxylation is 1. The SMILES string of the molecule is Cn1c(=O)n(CC(F)(F)F)c(=O)c2cc(C(=O)OCc3ccccc3)sc21. The molecule has 0 aliphatic carbocycles. The molecule has 2 aromatic heterocycles. The highest BCUT2D eigenvalue weighted by Crippen LogP contribution is 2.23. The summed E-state index contributed by atoms with van der Waals surface area (Å²) in [6.45, 7) is -1.69. The van der Waals surface area contributed by atoms with E-state index in [0.29, 0.717) is 0 Å². The summed E-state index contributed by atoms with van der Waals surface area (Å²) in [4.78, 5) is 36.7. The molecule has 3 rings (SSSR count). The zero-order valence-electron chi connectivity index (χ0n) is 13.9. The first-order valence-electron chi connectivity index (χ1n) is 7.68. The summed E-state index contributed by atoms with van der Waals surface area (Å²) in [6, 6.07) is 10.0. The van der Waals surface area contributed by atoms with E-state index in [4.69, 9.17) is 4.74 Å². The van der Waals surface area contributed by atoms with Gasteiger partial charge in [0, 0.05) is 7.05 Å². The number of aromatic nitrogens is 2. The van der Waals surface area contributed by atoms with E-state index < -0.39 is 29.9 Å². The smallest absolute Gasteiger partial charge is 0.406 e. The van der Waals surface area contributed by atoms with Crippen LogP contribution in [-0.2, 0) is 24.9 Å². The van der Waals surface area contributed by atoms with Crippen molar-refractivity contribution in [2.24, 2.45) is 7.05 Å². The summed E-state index contributed by atoms with van der Waals surface area (Å²) in [5, 5.41) is -0.141. The van der Waals surface area contributed by atoms with Gasteiger partial charge in [0.15, 0.2) is 0 Å². The first-order valence-corrected chi connectivity index (χ1v) is 8.50. The van der Waals surface area contributed by atoms with Gasteiger partial charge in [0.1, 0.15) is 22.9 Å². The molecule has 0 unspecified atom stereocenters. The Morgan fingerprint density at radius 1 is 1.19 bits per heavy atom. The minimum Gasteiger partial charge on any atom is -0.457 e. The average molecular weight is 398 g/mol. The van der Waals surface area contributed by atoms with Gasteiger partial charge in [-0.3, -0.25) is 13.9 Å². The molecular formula is C17H13F3N2O4S. The standard InChI is InChI=1S/C17H13F3N2O4S/c1-21-14-11(13(23)22(16(21)25)9-17(18,19)20)7-12(27-14)15(24)26-8-10-5-3-2-4-6-10/h2-7H,8-9H2,1H3. The Labute approximate surface area is 154 Å². The van der Waals surface area contributed by atoms with Gasteiger partial charge in [0.25, 0.3) is 5.56 Å². The van der Waals surface area contributed by atoms with E-state index in [2.05, 4.69) is 0 Å². The predicted molar refractivity (Wildman–Crippen MR) is 92.9 cm³/mol. The predicted octanol–water partition coefficient (Wildman–Crippen LogP) is 2.68. The van der Waals surface area contributed by atoms with Gasteiger partial charge < -0.3 is 4.74 Å². The van der Waals surface area contributed by atoms with Crippen molar-refractivity contribution in [3.63, 3.8) is 0 Å². The number of carbonyl (C=O) groups is 1. The number of hydrogen-bond donors (Lipinski definition) is 0. The quantitative estimate of drug-likeness (QED) is 0.634. The Morgan fingerprint density at radius 2 is 1.85 bits per heavy atom. The number of halogens is 3. The topological polar surface area (TPSA) is 70.3 Å². The first-order chi connectivity index (χ1) is 12.7. The molecule has 142 valence electrons. The van der Waals surface area contributed by atoms with E-state index >= 15 is 0 Å². The van der Waals surface area contributed by atoms with Crippen molar-refractivity contribution in [3.8, 4) is 0 Å². The van der Waals surface area contributed by atoms with Gasteiger partial charge in [-0.15, -0.1) is 11.3 Å². The summed E-state index contributed by atoms with van der Waals surface area (Å²) < 4.78 is 44.1. The van der Waals surface area contributed by atoms with Crippen molar-refractivity contribution >= 4 is 27.5 Å². The van der Waals surface area contributed by atoms with Crippen LogP contribution in [0, 0.1) is 0 Å². The van der Waals surface area contributed by atoms with Gasteiger partial charge in [-0.25, -0.2) is 9.59 Å². The molecule has 0 aliphatic heterocycles. The monoisotopic (exact) mass is 398 g/mol. The molecule has 0 aliphatic rings. The van der Waals surface area contributed by atoms with Gasteiger partial charge in [-0.1, -0.05) is 30.3 Å². The number of alkyl halides is 3. The van der Waals surface area contributed by atoms with Gasteiger partial charge in [-0.2, -0.15) is 13.2 Å². The Balaban J connectivity index is 1.96. The Hall–Kier alpha value is -2.88. The van der Waals surface area contributed by atoms with Crippen LogP contribution >= 0.6 is 11.3 Å². The maximum atomic E-state index is 12.6. The van der Waals surface area contributed by atoms with Crippen molar-refractivity contribution < 1.29 is 22.7 Å². The zero-order valence-corrected chi connectivity index (χ0v) is 14.8. The third-order valence-electron chi connectivity index (χ3n) is 3.76. The van der Waals surface area contributed by atoms with E-state index in [1.807, 2.05) is 6.07 Å². The van der Waals surface area contributed by atoms with Crippen molar-refractivity contribution in [2.45, 2.75) is 19.3 Å². The number of rotatable bonds is 4. The molecule has 0 saturated carbocycles. The highest BCUT2D eigenvalue weighted by atomic mass is 32.1. The highest BCUT2D eigenvalue weighted by Gasteiger charge is 2.31. The maximum Gasteiger partial charge on any atom is 0.406 e. The number of fused-ring (bicyclic) bond motifs is 1. The molecular weight excluding hydrogens is 385 g/mol. The van der Waals surface area contributed by atoms with Crippen LogP contribution < -0.4 is 11.2 Å². The zero-order chi connectivity index (χ0) is 19.8. The van der Waals surface area contributed by atoms with Crippen LogP contribution in [0.1, 0.15) is 15.2 Å². The summed E-state index contributed by atoms with van der Waals surface area (Å²) in [5.41, 5.74) is -1.44. The fraction of sp³-hybridized carbons (Fsp3) is 0.235. The minimum atomic E-state index is -4.73. The van der Waals surface area contributed by atoms with Crippen LogP contribution in [0.15, 0.2) is 46.0 Å². The van der Waals surface area contributed by atoms with Crippen LogP contribution in [0.5, 0.6) is 0 Å². The van der Waals surface area contributed by atoms with Crippen LogP contribution in [0.4, 0.5) is 13.2 Å². The second-order valence-electron chi connectivity index (χ2n) is 5.74. The molecule has 0 saturated heterocycles. The second kappa shape index (κ2) is 7.03.